The summed E-state index contributed by atoms with van der Waals surface area (Å²) in [5, 5.41) is 12.6. The van der Waals surface area contributed by atoms with Crippen molar-refractivity contribution >= 4 is 11.3 Å². The quantitative estimate of drug-likeness (QED) is 0.876. The Morgan fingerprint density at radius 1 is 1.21 bits per heavy atom. The molecule has 0 radical (unpaired) electrons. The SMILES string of the molecule is O[C@@H]1CO[C@H]2[C@@H]1OC[C@H]2n1ccnc1-c1nccs1. The van der Waals surface area contributed by atoms with Crippen LogP contribution in [0.15, 0.2) is 24.0 Å². The molecule has 0 aromatic carbocycles. The van der Waals surface area contributed by atoms with Crippen LogP contribution in [0.1, 0.15) is 6.04 Å². The van der Waals surface area contributed by atoms with Crippen LogP contribution in [-0.4, -0.2) is 51.2 Å². The van der Waals surface area contributed by atoms with Crippen LogP contribution < -0.4 is 0 Å². The molecule has 2 saturated heterocycles. The molecule has 4 rings (SSSR count). The van der Waals surface area contributed by atoms with Gasteiger partial charge in [-0.3, -0.25) is 0 Å². The summed E-state index contributed by atoms with van der Waals surface area (Å²) < 4.78 is 13.4. The fourth-order valence-corrected chi connectivity index (χ4v) is 3.41. The van der Waals surface area contributed by atoms with Gasteiger partial charge in [-0.05, 0) is 0 Å². The molecule has 100 valence electrons. The number of ether oxygens (including phenoxy) is 2. The molecule has 0 amide bonds. The minimum atomic E-state index is -0.526. The third-order valence-electron chi connectivity index (χ3n) is 3.65. The van der Waals surface area contributed by atoms with Gasteiger partial charge in [-0.1, -0.05) is 0 Å². The van der Waals surface area contributed by atoms with Crippen molar-refractivity contribution < 1.29 is 14.6 Å². The molecule has 0 bridgehead atoms. The lowest BCUT2D eigenvalue weighted by molar-refractivity contribution is 0.0172. The Kier molecular flexibility index (Phi) is 2.66. The Labute approximate surface area is 113 Å². The lowest BCUT2D eigenvalue weighted by Gasteiger charge is -2.18. The summed E-state index contributed by atoms with van der Waals surface area (Å²) in [6, 6.07) is 0.0450. The number of fused-ring (bicyclic) bond motifs is 1. The first-order valence-corrected chi connectivity index (χ1v) is 7.06. The maximum absolute atomic E-state index is 9.78. The molecule has 4 atom stereocenters. The van der Waals surface area contributed by atoms with Crippen molar-refractivity contribution in [2.24, 2.45) is 0 Å². The summed E-state index contributed by atoms with van der Waals surface area (Å²) in [5.74, 6) is 0.828. The average molecular weight is 279 g/mol. The van der Waals surface area contributed by atoms with E-state index >= 15 is 0 Å². The molecule has 0 aliphatic carbocycles. The lowest BCUT2D eigenvalue weighted by Crippen LogP contribution is -2.30. The average Bonchev–Trinajstić information content (AvgIpc) is 3.14. The summed E-state index contributed by atoms with van der Waals surface area (Å²) in [7, 11) is 0. The predicted molar refractivity (Wildman–Crippen MR) is 67.9 cm³/mol. The highest BCUT2D eigenvalue weighted by Gasteiger charge is 2.48. The Hall–Kier alpha value is -1.28. The lowest BCUT2D eigenvalue weighted by atomic mass is 10.1. The second-order valence-corrected chi connectivity index (χ2v) is 5.62. The first kappa shape index (κ1) is 11.5. The van der Waals surface area contributed by atoms with Crippen LogP contribution >= 0.6 is 11.3 Å². The van der Waals surface area contributed by atoms with Crippen LogP contribution in [0.4, 0.5) is 0 Å². The summed E-state index contributed by atoms with van der Waals surface area (Å²) in [6.45, 7) is 0.869. The van der Waals surface area contributed by atoms with Gasteiger partial charge in [0.1, 0.15) is 18.3 Å². The molecule has 0 saturated carbocycles. The largest absolute Gasteiger partial charge is 0.388 e. The molecule has 2 aliphatic heterocycles. The van der Waals surface area contributed by atoms with E-state index in [1.165, 1.54) is 0 Å². The van der Waals surface area contributed by atoms with Gasteiger partial charge in [0.05, 0.1) is 19.3 Å². The number of thiazole rings is 1. The highest BCUT2D eigenvalue weighted by molar-refractivity contribution is 7.13. The maximum Gasteiger partial charge on any atom is 0.169 e. The van der Waals surface area contributed by atoms with E-state index in [-0.39, 0.29) is 18.2 Å². The Morgan fingerprint density at radius 2 is 2.11 bits per heavy atom. The van der Waals surface area contributed by atoms with Crippen molar-refractivity contribution in [1.29, 1.82) is 0 Å². The molecule has 0 spiro atoms. The van der Waals surface area contributed by atoms with Gasteiger partial charge in [-0.25, -0.2) is 9.97 Å². The number of nitrogens with zero attached hydrogens (tertiary/aromatic N) is 3. The van der Waals surface area contributed by atoms with Gasteiger partial charge in [0, 0.05) is 24.0 Å². The standard InChI is InChI=1S/C12H13N3O3S/c16-8-6-18-9-7(5-17-10(8)9)15-3-1-13-11(15)12-14-2-4-19-12/h1-4,7-10,16H,5-6H2/t7-,8-,9-,10-/m1/s1. The molecule has 4 heterocycles. The second kappa shape index (κ2) is 4.38. The zero-order valence-corrected chi connectivity index (χ0v) is 10.9. The van der Waals surface area contributed by atoms with Crippen molar-refractivity contribution in [3.05, 3.63) is 24.0 Å². The van der Waals surface area contributed by atoms with Gasteiger partial charge in [0.25, 0.3) is 0 Å². The highest BCUT2D eigenvalue weighted by atomic mass is 32.1. The first-order chi connectivity index (χ1) is 9.34. The minimum Gasteiger partial charge on any atom is -0.388 e. The van der Waals surface area contributed by atoms with E-state index in [2.05, 4.69) is 9.97 Å². The van der Waals surface area contributed by atoms with Crippen LogP contribution in [-0.2, 0) is 9.47 Å². The zero-order valence-electron chi connectivity index (χ0n) is 10.0. The zero-order chi connectivity index (χ0) is 12.8. The monoisotopic (exact) mass is 279 g/mol. The minimum absolute atomic E-state index is 0.0450. The second-order valence-electron chi connectivity index (χ2n) is 4.73. The third-order valence-corrected chi connectivity index (χ3v) is 4.42. The Balaban J connectivity index is 1.69. The summed E-state index contributed by atoms with van der Waals surface area (Å²) >= 11 is 1.55. The van der Waals surface area contributed by atoms with E-state index in [0.717, 1.165) is 10.8 Å². The van der Waals surface area contributed by atoms with Crippen molar-refractivity contribution in [3.63, 3.8) is 0 Å². The van der Waals surface area contributed by atoms with E-state index in [0.29, 0.717) is 13.2 Å². The van der Waals surface area contributed by atoms with Crippen molar-refractivity contribution in [3.8, 4) is 10.8 Å². The van der Waals surface area contributed by atoms with E-state index in [4.69, 9.17) is 9.47 Å². The van der Waals surface area contributed by atoms with E-state index < -0.39 is 6.10 Å². The molecule has 7 heteroatoms. The number of rotatable bonds is 2. The Morgan fingerprint density at radius 3 is 2.95 bits per heavy atom. The van der Waals surface area contributed by atoms with Gasteiger partial charge < -0.3 is 19.1 Å². The fourth-order valence-electron chi connectivity index (χ4n) is 2.78. The van der Waals surface area contributed by atoms with Gasteiger partial charge in [0.2, 0.25) is 0 Å². The topological polar surface area (TPSA) is 69.4 Å². The van der Waals surface area contributed by atoms with Gasteiger partial charge >= 0.3 is 0 Å². The number of hydrogen-bond donors (Lipinski definition) is 1. The third kappa shape index (κ3) is 1.73. The number of aliphatic hydroxyl groups is 1. The van der Waals surface area contributed by atoms with E-state index in [1.807, 2.05) is 16.1 Å². The van der Waals surface area contributed by atoms with Crippen LogP contribution in [0.25, 0.3) is 10.8 Å². The molecule has 1 N–H and O–H groups in total. The van der Waals surface area contributed by atoms with E-state index in [1.54, 1.807) is 23.7 Å². The van der Waals surface area contributed by atoms with E-state index in [9.17, 15) is 5.11 Å². The molecule has 0 unspecified atom stereocenters. The maximum atomic E-state index is 9.78. The molecule has 2 aromatic heterocycles. The first-order valence-electron chi connectivity index (χ1n) is 6.18. The van der Waals surface area contributed by atoms with Gasteiger partial charge in [0.15, 0.2) is 10.8 Å². The predicted octanol–water partition coefficient (Wildman–Crippen LogP) is 0.706. The number of hydrogen-bond acceptors (Lipinski definition) is 6. The summed E-state index contributed by atoms with van der Waals surface area (Å²) in [6.07, 6.45) is 4.58. The Bertz CT molecular complexity index is 571. The van der Waals surface area contributed by atoms with Crippen LogP contribution in [0, 0.1) is 0 Å². The van der Waals surface area contributed by atoms with Crippen molar-refractivity contribution in [1.82, 2.24) is 14.5 Å². The fraction of sp³-hybridized carbons (Fsp3) is 0.500. The normalized spacial score (nSPS) is 33.7. The van der Waals surface area contributed by atoms with Crippen molar-refractivity contribution in [2.75, 3.05) is 13.2 Å². The molecular formula is C12H13N3O3S. The number of aliphatic hydroxyl groups excluding tert-OH is 1. The summed E-state index contributed by atoms with van der Waals surface area (Å²) in [5.41, 5.74) is 0. The van der Waals surface area contributed by atoms with Crippen LogP contribution in [0.2, 0.25) is 0 Å². The molecule has 6 nitrogen and oxygen atoms in total. The highest BCUT2D eigenvalue weighted by Crippen LogP contribution is 2.36. The molecule has 2 aliphatic rings. The van der Waals surface area contributed by atoms with Crippen LogP contribution in [0.5, 0.6) is 0 Å². The molecule has 2 aromatic rings. The number of aromatic nitrogens is 3. The van der Waals surface area contributed by atoms with Crippen molar-refractivity contribution in [2.45, 2.75) is 24.4 Å². The molecule has 2 fully saturated rings. The van der Waals surface area contributed by atoms with Crippen LogP contribution in [0.3, 0.4) is 0 Å². The number of imidazole rings is 1. The van der Waals surface area contributed by atoms with Gasteiger partial charge in [-0.15, -0.1) is 11.3 Å². The molecular weight excluding hydrogens is 266 g/mol. The summed E-state index contributed by atoms with van der Waals surface area (Å²) in [4.78, 5) is 8.67. The smallest absolute Gasteiger partial charge is 0.169 e. The molecule has 19 heavy (non-hydrogen) atoms. The van der Waals surface area contributed by atoms with Gasteiger partial charge in [-0.2, -0.15) is 0 Å².